The van der Waals surface area contributed by atoms with Crippen LogP contribution in [0.1, 0.15) is 5.56 Å². The first-order chi connectivity index (χ1) is 9.44. The highest BCUT2D eigenvalue weighted by Gasteiger charge is 2.18. The van der Waals surface area contributed by atoms with Crippen molar-refractivity contribution in [1.29, 1.82) is 5.26 Å². The van der Waals surface area contributed by atoms with E-state index >= 15 is 0 Å². The molecular formula is C13H8BrFN2O2S. The van der Waals surface area contributed by atoms with Gasteiger partial charge in [0.1, 0.15) is 16.8 Å². The maximum atomic E-state index is 13.0. The van der Waals surface area contributed by atoms with E-state index in [2.05, 4.69) is 20.7 Å². The second kappa shape index (κ2) is 5.61. The summed E-state index contributed by atoms with van der Waals surface area (Å²) in [6, 6.07) is 11.3. The molecule has 0 spiro atoms. The van der Waals surface area contributed by atoms with Gasteiger partial charge in [0.05, 0.1) is 11.3 Å². The van der Waals surface area contributed by atoms with Crippen molar-refractivity contribution in [3.8, 4) is 6.07 Å². The first-order valence-corrected chi connectivity index (χ1v) is 7.68. The third-order valence-electron chi connectivity index (χ3n) is 2.47. The average Bonchev–Trinajstić information content (AvgIpc) is 2.41. The van der Waals surface area contributed by atoms with Gasteiger partial charge >= 0.3 is 0 Å². The van der Waals surface area contributed by atoms with Gasteiger partial charge in [0, 0.05) is 4.47 Å². The number of halogens is 2. The zero-order valence-corrected chi connectivity index (χ0v) is 12.4. The van der Waals surface area contributed by atoms with Crippen LogP contribution in [0.5, 0.6) is 0 Å². The minimum Gasteiger partial charge on any atom is -0.278 e. The second-order valence-electron chi connectivity index (χ2n) is 3.84. The van der Waals surface area contributed by atoms with Crippen molar-refractivity contribution in [2.24, 2.45) is 0 Å². The van der Waals surface area contributed by atoms with Crippen LogP contribution >= 0.6 is 15.9 Å². The molecule has 0 aliphatic heterocycles. The fourth-order valence-electron chi connectivity index (χ4n) is 1.56. The van der Waals surface area contributed by atoms with Crippen LogP contribution in [0.15, 0.2) is 51.8 Å². The Kier molecular flexibility index (Phi) is 4.06. The van der Waals surface area contributed by atoms with Crippen LogP contribution in [0.25, 0.3) is 0 Å². The lowest BCUT2D eigenvalue weighted by atomic mass is 10.2. The predicted molar refractivity (Wildman–Crippen MR) is 76.1 cm³/mol. The van der Waals surface area contributed by atoms with E-state index in [-0.39, 0.29) is 16.1 Å². The highest BCUT2D eigenvalue weighted by Crippen LogP contribution is 2.25. The highest BCUT2D eigenvalue weighted by molar-refractivity contribution is 9.10. The summed E-state index contributed by atoms with van der Waals surface area (Å²) in [6.07, 6.45) is 0. The Bertz CT molecular complexity index is 800. The van der Waals surface area contributed by atoms with E-state index in [9.17, 15) is 12.8 Å². The standard InChI is InChI=1S/C13H8BrFN2O2S/c14-11-3-1-2-4-13(11)20(18,19)17-12-6-5-10(15)7-9(12)8-16/h1-7,17H. The van der Waals surface area contributed by atoms with Gasteiger partial charge < -0.3 is 0 Å². The Labute approximate surface area is 124 Å². The molecule has 0 radical (unpaired) electrons. The molecule has 2 aromatic carbocycles. The van der Waals surface area contributed by atoms with E-state index in [1.807, 2.05) is 0 Å². The van der Waals surface area contributed by atoms with Crippen molar-refractivity contribution in [1.82, 2.24) is 0 Å². The van der Waals surface area contributed by atoms with Crippen LogP contribution in [0.4, 0.5) is 10.1 Å². The topological polar surface area (TPSA) is 70.0 Å². The lowest BCUT2D eigenvalue weighted by Gasteiger charge is -2.10. The Morgan fingerprint density at radius 1 is 1.20 bits per heavy atom. The number of hydrogen-bond acceptors (Lipinski definition) is 3. The predicted octanol–water partition coefficient (Wildman–Crippen LogP) is 3.26. The molecule has 0 unspecified atom stereocenters. The van der Waals surface area contributed by atoms with E-state index < -0.39 is 15.8 Å². The summed E-state index contributed by atoms with van der Waals surface area (Å²) in [7, 11) is -3.86. The second-order valence-corrected chi connectivity index (χ2v) is 6.34. The third-order valence-corrected chi connectivity index (χ3v) is 4.85. The van der Waals surface area contributed by atoms with Crippen LogP contribution in [-0.2, 0) is 10.0 Å². The number of nitrogens with one attached hydrogen (secondary N) is 1. The first kappa shape index (κ1) is 14.5. The number of nitrogens with zero attached hydrogens (tertiary/aromatic N) is 1. The molecule has 0 saturated heterocycles. The van der Waals surface area contributed by atoms with Crippen LogP contribution in [0.2, 0.25) is 0 Å². The number of anilines is 1. The molecule has 0 aliphatic carbocycles. The molecule has 20 heavy (non-hydrogen) atoms. The van der Waals surface area contributed by atoms with Crippen LogP contribution in [-0.4, -0.2) is 8.42 Å². The molecule has 0 aromatic heterocycles. The summed E-state index contributed by atoms with van der Waals surface area (Å²) in [4.78, 5) is 0.0354. The molecule has 4 nitrogen and oxygen atoms in total. The molecule has 0 fully saturated rings. The fraction of sp³-hybridized carbons (Fsp3) is 0. The molecule has 0 atom stereocenters. The normalized spacial score (nSPS) is 10.8. The Balaban J connectivity index is 2.45. The summed E-state index contributed by atoms with van der Waals surface area (Å²) in [5.74, 6) is -0.606. The van der Waals surface area contributed by atoms with Crippen molar-refractivity contribution in [3.05, 3.63) is 58.3 Å². The van der Waals surface area contributed by atoms with E-state index in [0.717, 1.165) is 12.1 Å². The molecule has 0 amide bonds. The van der Waals surface area contributed by atoms with Crippen molar-refractivity contribution in [3.63, 3.8) is 0 Å². The van der Waals surface area contributed by atoms with Crippen molar-refractivity contribution in [2.45, 2.75) is 4.90 Å². The minimum atomic E-state index is -3.86. The summed E-state index contributed by atoms with van der Waals surface area (Å²) in [5.41, 5.74) is -0.0507. The molecule has 0 heterocycles. The SMILES string of the molecule is N#Cc1cc(F)ccc1NS(=O)(=O)c1ccccc1Br. The van der Waals surface area contributed by atoms with Gasteiger partial charge in [-0.3, -0.25) is 4.72 Å². The molecule has 2 aromatic rings. The van der Waals surface area contributed by atoms with Crippen LogP contribution < -0.4 is 4.72 Å². The van der Waals surface area contributed by atoms with Crippen molar-refractivity contribution < 1.29 is 12.8 Å². The number of benzene rings is 2. The summed E-state index contributed by atoms with van der Waals surface area (Å²) in [6.45, 7) is 0. The van der Waals surface area contributed by atoms with Crippen LogP contribution in [0, 0.1) is 17.1 Å². The van der Waals surface area contributed by atoms with E-state index in [4.69, 9.17) is 5.26 Å². The zero-order valence-electron chi connectivity index (χ0n) is 9.97. The quantitative estimate of drug-likeness (QED) is 0.919. The Morgan fingerprint density at radius 2 is 1.90 bits per heavy atom. The molecule has 7 heteroatoms. The van der Waals surface area contributed by atoms with Gasteiger partial charge in [-0.15, -0.1) is 0 Å². The zero-order chi connectivity index (χ0) is 14.8. The van der Waals surface area contributed by atoms with Crippen LogP contribution in [0.3, 0.4) is 0 Å². The van der Waals surface area contributed by atoms with Gasteiger partial charge in [0.2, 0.25) is 0 Å². The van der Waals surface area contributed by atoms with Gasteiger partial charge in [0.25, 0.3) is 10.0 Å². The highest BCUT2D eigenvalue weighted by atomic mass is 79.9. The molecule has 0 aliphatic rings. The fourth-order valence-corrected chi connectivity index (χ4v) is 3.64. The molecule has 102 valence electrons. The van der Waals surface area contributed by atoms with E-state index in [0.29, 0.717) is 4.47 Å². The maximum Gasteiger partial charge on any atom is 0.263 e. The lowest BCUT2D eigenvalue weighted by Crippen LogP contribution is -2.14. The van der Waals surface area contributed by atoms with Gasteiger partial charge in [-0.05, 0) is 46.3 Å². The van der Waals surface area contributed by atoms with Gasteiger partial charge in [-0.1, -0.05) is 12.1 Å². The van der Waals surface area contributed by atoms with Gasteiger partial charge in [0.15, 0.2) is 0 Å². The monoisotopic (exact) mass is 354 g/mol. The van der Waals surface area contributed by atoms with Crippen molar-refractivity contribution >= 4 is 31.6 Å². The van der Waals surface area contributed by atoms with E-state index in [1.165, 1.54) is 12.1 Å². The molecule has 0 bridgehead atoms. The third kappa shape index (κ3) is 2.98. The number of hydrogen-bond donors (Lipinski definition) is 1. The summed E-state index contributed by atoms with van der Waals surface area (Å²) >= 11 is 3.15. The summed E-state index contributed by atoms with van der Waals surface area (Å²) in [5, 5.41) is 8.90. The number of sulfonamides is 1. The minimum absolute atomic E-state index is 0.0321. The smallest absolute Gasteiger partial charge is 0.263 e. The summed E-state index contributed by atoms with van der Waals surface area (Å²) < 4.78 is 40.2. The average molecular weight is 355 g/mol. The number of rotatable bonds is 3. The number of nitriles is 1. The Hall–Kier alpha value is -1.91. The van der Waals surface area contributed by atoms with E-state index in [1.54, 1.807) is 24.3 Å². The maximum absolute atomic E-state index is 13.0. The largest absolute Gasteiger partial charge is 0.278 e. The van der Waals surface area contributed by atoms with Crippen molar-refractivity contribution in [2.75, 3.05) is 4.72 Å². The Morgan fingerprint density at radius 3 is 2.55 bits per heavy atom. The molecular weight excluding hydrogens is 347 g/mol. The molecule has 0 saturated carbocycles. The lowest BCUT2D eigenvalue weighted by molar-refractivity contribution is 0.600. The van der Waals surface area contributed by atoms with Gasteiger partial charge in [-0.2, -0.15) is 5.26 Å². The molecule has 1 N–H and O–H groups in total. The first-order valence-electron chi connectivity index (χ1n) is 5.41. The molecule has 2 rings (SSSR count). The van der Waals surface area contributed by atoms with Gasteiger partial charge in [-0.25, -0.2) is 12.8 Å².